The van der Waals surface area contributed by atoms with Gasteiger partial charge in [0.05, 0.1) is 20.3 Å². The van der Waals surface area contributed by atoms with Crippen LogP contribution in [-0.2, 0) is 19.3 Å². The molecule has 0 aromatic heterocycles. The van der Waals surface area contributed by atoms with Gasteiger partial charge in [-0.3, -0.25) is 0 Å². The Morgan fingerprint density at radius 1 is 1.24 bits per heavy atom. The Morgan fingerprint density at radius 3 is 2.53 bits per heavy atom. The predicted octanol–water partition coefficient (Wildman–Crippen LogP) is 2.12. The lowest BCUT2D eigenvalue weighted by molar-refractivity contribution is 0.194. The quantitative estimate of drug-likeness (QED) is 0.870. The first-order valence-corrected chi connectivity index (χ1v) is 6.11. The van der Waals surface area contributed by atoms with E-state index in [1.54, 1.807) is 21.1 Å². The third-order valence-corrected chi connectivity index (χ3v) is 3.33. The average Bonchev–Trinajstić information content (AvgIpc) is 2.76. The molecule has 0 radical (unpaired) electrons. The van der Waals surface area contributed by atoms with Gasteiger partial charge < -0.3 is 14.6 Å². The Bertz CT molecular complexity index is 410. The highest BCUT2D eigenvalue weighted by atomic mass is 16.5. The fourth-order valence-corrected chi connectivity index (χ4v) is 2.68. The molecule has 3 nitrogen and oxygen atoms in total. The second-order valence-corrected chi connectivity index (χ2v) is 4.64. The summed E-state index contributed by atoms with van der Waals surface area (Å²) in [6, 6.07) is 2.01. The van der Waals surface area contributed by atoms with E-state index in [2.05, 4.69) is 0 Å². The molecule has 0 aliphatic heterocycles. The van der Waals surface area contributed by atoms with Crippen LogP contribution in [0, 0.1) is 0 Å². The molecule has 1 unspecified atom stereocenters. The van der Waals surface area contributed by atoms with Gasteiger partial charge in [0, 0.05) is 23.1 Å². The monoisotopic (exact) mass is 236 g/mol. The van der Waals surface area contributed by atoms with Crippen molar-refractivity contribution in [1.29, 1.82) is 0 Å². The normalized spacial score (nSPS) is 15.5. The van der Waals surface area contributed by atoms with Crippen molar-refractivity contribution in [3.63, 3.8) is 0 Å². The maximum absolute atomic E-state index is 9.54. The van der Waals surface area contributed by atoms with E-state index >= 15 is 0 Å². The van der Waals surface area contributed by atoms with Gasteiger partial charge in [-0.15, -0.1) is 0 Å². The standard InChI is InChI=1S/C14H20O3/c1-9(15)7-10-8-13(16-2)11-5-4-6-12(11)14(10)17-3/h8-9,15H,4-7H2,1-3H3. The van der Waals surface area contributed by atoms with Gasteiger partial charge in [0.25, 0.3) is 0 Å². The molecular weight excluding hydrogens is 216 g/mol. The summed E-state index contributed by atoms with van der Waals surface area (Å²) in [5, 5.41) is 9.54. The van der Waals surface area contributed by atoms with Gasteiger partial charge in [-0.25, -0.2) is 0 Å². The minimum absolute atomic E-state index is 0.368. The molecule has 0 spiro atoms. The number of fused-ring (bicyclic) bond motifs is 1. The van der Waals surface area contributed by atoms with Gasteiger partial charge in [-0.2, -0.15) is 0 Å². The average molecular weight is 236 g/mol. The van der Waals surface area contributed by atoms with Crippen molar-refractivity contribution in [2.75, 3.05) is 14.2 Å². The molecule has 17 heavy (non-hydrogen) atoms. The van der Waals surface area contributed by atoms with Crippen LogP contribution in [0.2, 0.25) is 0 Å². The smallest absolute Gasteiger partial charge is 0.125 e. The van der Waals surface area contributed by atoms with E-state index < -0.39 is 0 Å². The summed E-state index contributed by atoms with van der Waals surface area (Å²) in [6.07, 6.45) is 3.49. The Hall–Kier alpha value is -1.22. The molecule has 0 bridgehead atoms. The van der Waals surface area contributed by atoms with Crippen molar-refractivity contribution in [2.24, 2.45) is 0 Å². The highest BCUT2D eigenvalue weighted by Gasteiger charge is 2.23. The fraction of sp³-hybridized carbons (Fsp3) is 0.571. The molecule has 1 N–H and O–H groups in total. The van der Waals surface area contributed by atoms with Crippen LogP contribution >= 0.6 is 0 Å². The first-order chi connectivity index (χ1) is 8.17. The van der Waals surface area contributed by atoms with Crippen molar-refractivity contribution in [2.45, 2.75) is 38.7 Å². The number of hydrogen-bond donors (Lipinski definition) is 1. The lowest BCUT2D eigenvalue weighted by atomic mass is 9.99. The molecule has 1 atom stereocenters. The number of aliphatic hydroxyl groups excluding tert-OH is 1. The second-order valence-electron chi connectivity index (χ2n) is 4.64. The van der Waals surface area contributed by atoms with Crippen LogP contribution in [0.25, 0.3) is 0 Å². The second kappa shape index (κ2) is 4.96. The third kappa shape index (κ3) is 2.25. The van der Waals surface area contributed by atoms with E-state index in [0.29, 0.717) is 6.42 Å². The summed E-state index contributed by atoms with van der Waals surface area (Å²) >= 11 is 0. The van der Waals surface area contributed by atoms with Gasteiger partial charge >= 0.3 is 0 Å². The van der Waals surface area contributed by atoms with Crippen LogP contribution in [-0.4, -0.2) is 25.4 Å². The summed E-state index contributed by atoms with van der Waals surface area (Å²) in [5.41, 5.74) is 3.58. The first-order valence-electron chi connectivity index (χ1n) is 6.11. The topological polar surface area (TPSA) is 38.7 Å². The zero-order chi connectivity index (χ0) is 12.4. The highest BCUT2D eigenvalue weighted by Crippen LogP contribution is 2.40. The lowest BCUT2D eigenvalue weighted by Gasteiger charge is -2.17. The highest BCUT2D eigenvalue weighted by molar-refractivity contribution is 5.56. The molecule has 3 heteroatoms. The van der Waals surface area contributed by atoms with Crippen LogP contribution in [0.4, 0.5) is 0 Å². The van der Waals surface area contributed by atoms with Crippen molar-refractivity contribution in [3.05, 3.63) is 22.8 Å². The summed E-state index contributed by atoms with van der Waals surface area (Å²) in [4.78, 5) is 0. The van der Waals surface area contributed by atoms with E-state index in [4.69, 9.17) is 9.47 Å². The van der Waals surface area contributed by atoms with Crippen molar-refractivity contribution in [3.8, 4) is 11.5 Å². The van der Waals surface area contributed by atoms with E-state index in [1.165, 1.54) is 11.1 Å². The number of ether oxygens (including phenoxy) is 2. The zero-order valence-corrected chi connectivity index (χ0v) is 10.7. The molecule has 94 valence electrons. The molecular formula is C14H20O3. The molecule has 0 amide bonds. The molecule has 0 saturated carbocycles. The molecule has 0 fully saturated rings. The molecule has 1 aliphatic rings. The Kier molecular flexibility index (Phi) is 3.57. The Balaban J connectivity index is 2.51. The molecule has 2 rings (SSSR count). The summed E-state index contributed by atoms with van der Waals surface area (Å²) in [5.74, 6) is 1.88. The van der Waals surface area contributed by atoms with E-state index in [0.717, 1.165) is 36.3 Å². The Labute approximate surface area is 102 Å². The largest absolute Gasteiger partial charge is 0.496 e. The maximum Gasteiger partial charge on any atom is 0.125 e. The van der Waals surface area contributed by atoms with E-state index in [1.807, 2.05) is 6.07 Å². The summed E-state index contributed by atoms with van der Waals surface area (Å²) in [7, 11) is 3.40. The molecule has 1 aromatic rings. The molecule has 0 heterocycles. The minimum Gasteiger partial charge on any atom is -0.496 e. The summed E-state index contributed by atoms with van der Waals surface area (Å²) < 4.78 is 11.0. The fourth-order valence-electron chi connectivity index (χ4n) is 2.68. The first kappa shape index (κ1) is 12.2. The maximum atomic E-state index is 9.54. The van der Waals surface area contributed by atoms with Crippen LogP contribution in [0.5, 0.6) is 11.5 Å². The molecule has 1 aliphatic carbocycles. The van der Waals surface area contributed by atoms with Gasteiger partial charge in [-0.05, 0) is 32.3 Å². The van der Waals surface area contributed by atoms with Gasteiger partial charge in [0.15, 0.2) is 0 Å². The number of benzene rings is 1. The van der Waals surface area contributed by atoms with Crippen molar-refractivity contribution >= 4 is 0 Å². The number of aliphatic hydroxyl groups is 1. The van der Waals surface area contributed by atoms with Crippen molar-refractivity contribution in [1.82, 2.24) is 0 Å². The van der Waals surface area contributed by atoms with Gasteiger partial charge in [0.1, 0.15) is 11.5 Å². The van der Waals surface area contributed by atoms with Crippen LogP contribution < -0.4 is 9.47 Å². The van der Waals surface area contributed by atoms with E-state index in [-0.39, 0.29) is 6.10 Å². The Morgan fingerprint density at radius 2 is 1.94 bits per heavy atom. The molecule has 1 aromatic carbocycles. The lowest BCUT2D eigenvalue weighted by Crippen LogP contribution is -2.08. The number of hydrogen-bond acceptors (Lipinski definition) is 3. The van der Waals surface area contributed by atoms with Crippen LogP contribution in [0.1, 0.15) is 30.0 Å². The van der Waals surface area contributed by atoms with Gasteiger partial charge in [0.2, 0.25) is 0 Å². The van der Waals surface area contributed by atoms with Gasteiger partial charge in [-0.1, -0.05) is 0 Å². The third-order valence-electron chi connectivity index (χ3n) is 3.33. The van der Waals surface area contributed by atoms with Crippen LogP contribution in [0.15, 0.2) is 6.07 Å². The molecule has 0 saturated heterocycles. The van der Waals surface area contributed by atoms with Crippen molar-refractivity contribution < 1.29 is 14.6 Å². The zero-order valence-electron chi connectivity index (χ0n) is 10.7. The predicted molar refractivity (Wildman–Crippen MR) is 67.0 cm³/mol. The summed E-state index contributed by atoms with van der Waals surface area (Å²) in [6.45, 7) is 1.79. The van der Waals surface area contributed by atoms with E-state index in [9.17, 15) is 5.11 Å². The minimum atomic E-state index is -0.368. The number of methoxy groups -OCH3 is 2. The number of rotatable bonds is 4. The SMILES string of the molecule is COc1cc(CC(C)O)c(OC)c2c1CCC2. The van der Waals surface area contributed by atoms with Crippen LogP contribution in [0.3, 0.4) is 0 Å².